The molecule has 6 heteroatoms. The maximum absolute atomic E-state index is 13.5. The van der Waals surface area contributed by atoms with Crippen molar-refractivity contribution in [3.63, 3.8) is 0 Å². The summed E-state index contributed by atoms with van der Waals surface area (Å²) in [6.45, 7) is 6.30. The topological polar surface area (TPSA) is 55.1 Å². The second-order valence-corrected chi connectivity index (χ2v) is 6.50. The van der Waals surface area contributed by atoms with Crippen molar-refractivity contribution >= 4 is 28.8 Å². The Morgan fingerprint density at radius 1 is 1.43 bits per heavy atom. The Hall–Kier alpha value is -1.56. The van der Waals surface area contributed by atoms with E-state index in [4.69, 9.17) is 5.11 Å². The lowest BCUT2D eigenvalue weighted by atomic mass is 10.1. The van der Waals surface area contributed by atoms with Gasteiger partial charge in [0, 0.05) is 6.04 Å². The molecular weight excluding hydrogens is 291 g/mol. The number of imidazole rings is 1. The van der Waals surface area contributed by atoms with E-state index in [1.165, 1.54) is 23.9 Å². The van der Waals surface area contributed by atoms with Crippen LogP contribution in [0.3, 0.4) is 0 Å². The van der Waals surface area contributed by atoms with E-state index in [0.717, 1.165) is 11.9 Å². The van der Waals surface area contributed by atoms with Crippen molar-refractivity contribution in [2.45, 2.75) is 38.4 Å². The van der Waals surface area contributed by atoms with Crippen LogP contribution < -0.4 is 0 Å². The summed E-state index contributed by atoms with van der Waals surface area (Å²) in [5, 5.41) is 9.48. The van der Waals surface area contributed by atoms with E-state index < -0.39 is 5.97 Å². The fraction of sp³-hybridized carbons (Fsp3) is 0.467. The number of carboxylic acids is 1. The van der Waals surface area contributed by atoms with Crippen LogP contribution in [0, 0.1) is 11.7 Å². The maximum Gasteiger partial charge on any atom is 0.313 e. The van der Waals surface area contributed by atoms with E-state index in [1.54, 1.807) is 6.07 Å². The zero-order chi connectivity index (χ0) is 15.6. The van der Waals surface area contributed by atoms with Crippen LogP contribution in [0.15, 0.2) is 23.4 Å². The van der Waals surface area contributed by atoms with Gasteiger partial charge in [-0.05, 0) is 37.5 Å². The monoisotopic (exact) mass is 310 g/mol. The van der Waals surface area contributed by atoms with Crippen LogP contribution in [0.2, 0.25) is 0 Å². The largest absolute Gasteiger partial charge is 0.481 e. The zero-order valence-electron chi connectivity index (χ0n) is 12.3. The minimum Gasteiger partial charge on any atom is -0.481 e. The maximum atomic E-state index is 13.5. The number of carbonyl (C=O) groups is 1. The van der Waals surface area contributed by atoms with E-state index in [0.29, 0.717) is 16.6 Å². The number of aromatic nitrogens is 2. The number of aliphatic carboxylic acids is 1. The molecule has 0 fully saturated rings. The van der Waals surface area contributed by atoms with Crippen molar-refractivity contribution < 1.29 is 14.3 Å². The molecule has 2 rings (SSSR count). The number of benzene rings is 1. The van der Waals surface area contributed by atoms with Crippen molar-refractivity contribution in [3.05, 3.63) is 24.0 Å². The molecule has 0 aliphatic rings. The summed E-state index contributed by atoms with van der Waals surface area (Å²) in [5.74, 6) is -0.764. The fourth-order valence-electron chi connectivity index (χ4n) is 2.49. The van der Waals surface area contributed by atoms with Gasteiger partial charge in [0.25, 0.3) is 0 Å². The Balaban J connectivity index is 2.47. The number of rotatable bonds is 6. The van der Waals surface area contributed by atoms with Crippen LogP contribution in [-0.4, -0.2) is 26.4 Å². The van der Waals surface area contributed by atoms with Crippen LogP contribution in [0.5, 0.6) is 0 Å². The van der Waals surface area contributed by atoms with E-state index in [1.807, 2.05) is 4.57 Å². The lowest BCUT2D eigenvalue weighted by molar-refractivity contribution is -0.133. The summed E-state index contributed by atoms with van der Waals surface area (Å²) in [5.41, 5.74) is 1.41. The number of carboxylic acid groups (broad SMARTS) is 1. The predicted molar refractivity (Wildman–Crippen MR) is 82.2 cm³/mol. The summed E-state index contributed by atoms with van der Waals surface area (Å²) >= 11 is 1.17. The molecule has 1 aromatic carbocycles. The minimum absolute atomic E-state index is 0.0554. The molecule has 4 nitrogen and oxygen atoms in total. The first-order chi connectivity index (χ1) is 9.88. The number of nitrogens with zero attached hydrogens (tertiary/aromatic N) is 2. The normalized spacial score (nSPS) is 13.0. The molecule has 1 aromatic heterocycles. The highest BCUT2D eigenvalue weighted by Crippen LogP contribution is 2.30. The summed E-state index contributed by atoms with van der Waals surface area (Å²) in [7, 11) is 0. The second kappa shape index (κ2) is 6.47. The molecule has 114 valence electrons. The number of hydrogen-bond donors (Lipinski definition) is 1. The lowest BCUT2D eigenvalue weighted by Gasteiger charge is -2.19. The van der Waals surface area contributed by atoms with Gasteiger partial charge in [-0.15, -0.1) is 0 Å². The molecule has 2 aromatic rings. The second-order valence-electron chi connectivity index (χ2n) is 5.56. The van der Waals surface area contributed by atoms with E-state index >= 15 is 0 Å². The molecular formula is C15H19FN2O2S. The molecule has 0 aliphatic carbocycles. The third kappa shape index (κ3) is 3.75. The summed E-state index contributed by atoms with van der Waals surface area (Å²) in [4.78, 5) is 15.2. The smallest absolute Gasteiger partial charge is 0.313 e. The van der Waals surface area contributed by atoms with Crippen molar-refractivity contribution in [2.24, 2.45) is 5.92 Å². The molecule has 1 atom stereocenters. The third-order valence-electron chi connectivity index (χ3n) is 3.20. The standard InChI is InChI=1S/C15H19FN2O2S/c1-9(2)6-10(3)18-13-7-11(16)4-5-12(13)17-15(18)21-8-14(19)20/h4-5,7,9-10H,6,8H2,1-3H3,(H,19,20). The van der Waals surface area contributed by atoms with E-state index in [2.05, 4.69) is 25.8 Å². The average Bonchev–Trinajstić information content (AvgIpc) is 2.73. The van der Waals surface area contributed by atoms with E-state index in [-0.39, 0.29) is 17.6 Å². The highest BCUT2D eigenvalue weighted by molar-refractivity contribution is 7.99. The predicted octanol–water partition coefficient (Wildman–Crippen LogP) is 3.96. The molecule has 1 heterocycles. The minimum atomic E-state index is -0.888. The van der Waals surface area contributed by atoms with Crippen molar-refractivity contribution in [2.75, 3.05) is 5.75 Å². The van der Waals surface area contributed by atoms with Gasteiger partial charge in [0.2, 0.25) is 0 Å². The Kier molecular flexibility index (Phi) is 4.88. The molecule has 0 saturated carbocycles. The van der Waals surface area contributed by atoms with Crippen LogP contribution in [-0.2, 0) is 4.79 Å². The SMILES string of the molecule is CC(C)CC(C)n1c(SCC(=O)O)nc2ccc(F)cc21. The highest BCUT2D eigenvalue weighted by atomic mass is 32.2. The van der Waals surface area contributed by atoms with Gasteiger partial charge in [-0.1, -0.05) is 25.6 Å². The van der Waals surface area contributed by atoms with Crippen molar-refractivity contribution in [3.8, 4) is 0 Å². The Labute approximate surface area is 127 Å². The molecule has 0 radical (unpaired) electrons. The molecule has 0 amide bonds. The quantitative estimate of drug-likeness (QED) is 0.821. The first-order valence-electron chi connectivity index (χ1n) is 6.90. The first-order valence-corrected chi connectivity index (χ1v) is 7.89. The van der Waals surface area contributed by atoms with Crippen LogP contribution >= 0.6 is 11.8 Å². The van der Waals surface area contributed by atoms with Gasteiger partial charge in [-0.2, -0.15) is 0 Å². The fourth-order valence-corrected chi connectivity index (χ4v) is 3.32. The summed E-state index contributed by atoms with van der Waals surface area (Å²) in [6.07, 6.45) is 0.919. The van der Waals surface area contributed by atoms with Crippen LogP contribution in [0.1, 0.15) is 33.2 Å². The molecule has 0 aliphatic heterocycles. The lowest BCUT2D eigenvalue weighted by Crippen LogP contribution is -2.10. The van der Waals surface area contributed by atoms with Gasteiger partial charge in [0.15, 0.2) is 5.16 Å². The highest BCUT2D eigenvalue weighted by Gasteiger charge is 2.18. The Morgan fingerprint density at radius 2 is 2.14 bits per heavy atom. The van der Waals surface area contributed by atoms with Gasteiger partial charge < -0.3 is 9.67 Å². The molecule has 0 bridgehead atoms. The van der Waals surface area contributed by atoms with Gasteiger partial charge in [0.05, 0.1) is 16.8 Å². The number of fused-ring (bicyclic) bond motifs is 1. The average molecular weight is 310 g/mol. The molecule has 1 N–H and O–H groups in total. The molecule has 21 heavy (non-hydrogen) atoms. The zero-order valence-corrected chi connectivity index (χ0v) is 13.2. The van der Waals surface area contributed by atoms with Gasteiger partial charge in [-0.3, -0.25) is 4.79 Å². The molecule has 1 unspecified atom stereocenters. The number of hydrogen-bond acceptors (Lipinski definition) is 3. The Bertz CT molecular complexity index is 654. The summed E-state index contributed by atoms with van der Waals surface area (Å²) < 4.78 is 15.5. The third-order valence-corrected chi connectivity index (χ3v) is 4.13. The van der Waals surface area contributed by atoms with E-state index in [9.17, 15) is 9.18 Å². The first kappa shape index (κ1) is 15.8. The van der Waals surface area contributed by atoms with Gasteiger partial charge >= 0.3 is 5.97 Å². The number of halogens is 1. The van der Waals surface area contributed by atoms with Gasteiger partial charge in [0.1, 0.15) is 5.82 Å². The van der Waals surface area contributed by atoms with Crippen LogP contribution in [0.4, 0.5) is 4.39 Å². The molecule has 0 saturated heterocycles. The number of thioether (sulfide) groups is 1. The van der Waals surface area contributed by atoms with Crippen molar-refractivity contribution in [1.29, 1.82) is 0 Å². The Morgan fingerprint density at radius 3 is 2.76 bits per heavy atom. The molecule has 0 spiro atoms. The van der Waals surface area contributed by atoms with Crippen LogP contribution in [0.25, 0.3) is 11.0 Å². The van der Waals surface area contributed by atoms with Gasteiger partial charge in [-0.25, -0.2) is 9.37 Å². The summed E-state index contributed by atoms with van der Waals surface area (Å²) in [6, 6.07) is 4.60. The van der Waals surface area contributed by atoms with Crippen molar-refractivity contribution in [1.82, 2.24) is 9.55 Å².